The molecule has 0 saturated carbocycles. The van der Waals surface area contributed by atoms with E-state index in [1.165, 1.54) is 4.90 Å². The average molecular weight is 528 g/mol. The van der Waals surface area contributed by atoms with Crippen LogP contribution in [-0.4, -0.2) is 69.4 Å². The normalized spacial score (nSPS) is 18.7. The van der Waals surface area contributed by atoms with Crippen molar-refractivity contribution in [1.82, 2.24) is 20.5 Å². The van der Waals surface area contributed by atoms with Crippen LogP contribution in [0.4, 0.5) is 0 Å². The van der Waals surface area contributed by atoms with E-state index in [1.54, 1.807) is 6.20 Å². The quantitative estimate of drug-likeness (QED) is 0.285. The summed E-state index contributed by atoms with van der Waals surface area (Å²) in [4.78, 5) is 56.5. The van der Waals surface area contributed by atoms with E-state index in [2.05, 4.69) is 15.6 Å². The van der Waals surface area contributed by atoms with Crippen LogP contribution in [0, 0.1) is 11.8 Å². The number of para-hydroxylation sites is 1. The van der Waals surface area contributed by atoms with Crippen LogP contribution in [0.3, 0.4) is 0 Å². The van der Waals surface area contributed by atoms with E-state index < -0.39 is 42.0 Å². The van der Waals surface area contributed by atoms with Crippen molar-refractivity contribution in [2.75, 3.05) is 6.54 Å². The molecule has 3 amide bonds. The van der Waals surface area contributed by atoms with E-state index in [1.807, 2.05) is 52.0 Å². The second-order valence-electron chi connectivity index (χ2n) is 10.8. The lowest BCUT2D eigenvalue weighted by Crippen LogP contribution is -2.57. The molecule has 10 nitrogen and oxygen atoms in total. The van der Waals surface area contributed by atoms with Gasteiger partial charge in [-0.25, -0.2) is 4.79 Å². The molecule has 2 heterocycles. The Morgan fingerprint density at radius 3 is 2.50 bits per heavy atom. The van der Waals surface area contributed by atoms with E-state index >= 15 is 0 Å². The Morgan fingerprint density at radius 1 is 1.13 bits per heavy atom. The van der Waals surface area contributed by atoms with Crippen molar-refractivity contribution in [3.63, 3.8) is 0 Å². The van der Waals surface area contributed by atoms with E-state index in [0.717, 1.165) is 22.9 Å². The number of nitrogens with two attached hydrogens (primary N) is 1. The molecule has 1 aliphatic heterocycles. The van der Waals surface area contributed by atoms with E-state index in [9.17, 15) is 24.3 Å². The largest absolute Gasteiger partial charge is 0.480 e. The van der Waals surface area contributed by atoms with Gasteiger partial charge in [0, 0.05) is 30.1 Å². The second-order valence-corrected chi connectivity index (χ2v) is 10.8. The maximum Gasteiger partial charge on any atom is 0.326 e. The smallest absolute Gasteiger partial charge is 0.326 e. The number of carbonyl (C=O) groups is 4. The van der Waals surface area contributed by atoms with Crippen LogP contribution in [0.5, 0.6) is 0 Å². The first-order chi connectivity index (χ1) is 18.0. The maximum atomic E-state index is 13.5. The van der Waals surface area contributed by atoms with Crippen LogP contribution < -0.4 is 16.4 Å². The van der Waals surface area contributed by atoms with Gasteiger partial charge in [0.1, 0.15) is 18.1 Å². The Bertz CT molecular complexity index is 1150. The lowest BCUT2D eigenvalue weighted by molar-refractivity contribution is -0.143. The molecule has 0 bridgehead atoms. The summed E-state index contributed by atoms with van der Waals surface area (Å²) in [6, 6.07) is 4.07. The zero-order valence-corrected chi connectivity index (χ0v) is 22.7. The molecular formula is C28H41N5O5. The highest BCUT2D eigenvalue weighted by Gasteiger charge is 2.39. The van der Waals surface area contributed by atoms with Crippen molar-refractivity contribution in [1.29, 1.82) is 0 Å². The zero-order chi connectivity index (χ0) is 28.0. The molecule has 3 rings (SSSR count). The molecule has 1 aromatic carbocycles. The number of carbonyl (C=O) groups excluding carboxylic acids is 3. The SMILES string of the molecule is CCC(C)C(N)C(=O)N1CCCC1C(=O)NC(Cc1c[nH]c2ccccc12)C(=O)NC(CC(C)C)C(=O)O. The fourth-order valence-corrected chi connectivity index (χ4v) is 4.95. The predicted octanol–water partition coefficient (Wildman–Crippen LogP) is 2.18. The topological polar surface area (TPSA) is 158 Å². The first kappa shape index (κ1) is 29.2. The molecule has 2 aromatic rings. The van der Waals surface area contributed by atoms with Crippen LogP contribution in [-0.2, 0) is 25.6 Å². The van der Waals surface area contributed by atoms with Gasteiger partial charge in [0.05, 0.1) is 6.04 Å². The summed E-state index contributed by atoms with van der Waals surface area (Å²) in [5.41, 5.74) is 7.89. The van der Waals surface area contributed by atoms with Crippen LogP contribution in [0.25, 0.3) is 10.9 Å². The minimum absolute atomic E-state index is 0.0267. The molecular weight excluding hydrogens is 486 g/mol. The number of likely N-dealkylation sites (tertiary alicyclic amines) is 1. The third kappa shape index (κ3) is 6.92. The van der Waals surface area contributed by atoms with E-state index in [0.29, 0.717) is 19.4 Å². The van der Waals surface area contributed by atoms with Crippen molar-refractivity contribution in [3.05, 3.63) is 36.0 Å². The fraction of sp³-hybridized carbons (Fsp3) is 0.571. The summed E-state index contributed by atoms with van der Waals surface area (Å²) in [6.45, 7) is 8.05. The maximum absolute atomic E-state index is 13.5. The highest BCUT2D eigenvalue weighted by molar-refractivity contribution is 5.95. The number of carboxylic acid groups (broad SMARTS) is 1. The Labute approximate surface area is 223 Å². The number of benzene rings is 1. The third-order valence-corrected chi connectivity index (χ3v) is 7.43. The van der Waals surface area contributed by atoms with Crippen LogP contribution >= 0.6 is 0 Å². The number of nitrogens with zero attached hydrogens (tertiary/aromatic N) is 1. The van der Waals surface area contributed by atoms with Gasteiger partial charge >= 0.3 is 5.97 Å². The Kier molecular flexibility index (Phi) is 9.90. The molecule has 5 atom stereocenters. The van der Waals surface area contributed by atoms with Gasteiger partial charge in [-0.2, -0.15) is 0 Å². The molecule has 1 fully saturated rings. The number of aromatic nitrogens is 1. The summed E-state index contributed by atoms with van der Waals surface area (Å²) < 4.78 is 0. The molecule has 1 aliphatic rings. The number of carboxylic acids is 1. The summed E-state index contributed by atoms with van der Waals surface area (Å²) in [6.07, 6.45) is 4.07. The monoisotopic (exact) mass is 527 g/mol. The van der Waals surface area contributed by atoms with Crippen LogP contribution in [0.1, 0.15) is 58.9 Å². The van der Waals surface area contributed by atoms with Crippen LogP contribution in [0.15, 0.2) is 30.5 Å². The number of nitrogens with one attached hydrogen (secondary N) is 3. The average Bonchev–Trinajstić information content (AvgIpc) is 3.54. The minimum atomic E-state index is -1.13. The number of aliphatic carboxylic acids is 1. The predicted molar refractivity (Wildman–Crippen MR) is 145 cm³/mol. The van der Waals surface area contributed by atoms with Gasteiger partial charge in [0.15, 0.2) is 0 Å². The van der Waals surface area contributed by atoms with E-state index in [-0.39, 0.29) is 30.6 Å². The number of aromatic amines is 1. The Hall–Kier alpha value is -3.40. The van der Waals surface area contributed by atoms with Gasteiger partial charge in [0.2, 0.25) is 17.7 Å². The molecule has 1 aromatic heterocycles. The molecule has 0 radical (unpaired) electrons. The number of H-pyrrole nitrogens is 1. The second kappa shape index (κ2) is 12.9. The number of hydrogen-bond donors (Lipinski definition) is 5. The van der Waals surface area contributed by atoms with Crippen molar-refractivity contribution in [2.24, 2.45) is 17.6 Å². The number of rotatable bonds is 12. The van der Waals surface area contributed by atoms with Crippen molar-refractivity contribution < 1.29 is 24.3 Å². The summed E-state index contributed by atoms with van der Waals surface area (Å²) in [5, 5.41) is 16.0. The van der Waals surface area contributed by atoms with Crippen molar-refractivity contribution in [2.45, 2.75) is 84.0 Å². The number of amides is 3. The highest BCUT2D eigenvalue weighted by atomic mass is 16.4. The Morgan fingerprint density at radius 2 is 1.84 bits per heavy atom. The molecule has 208 valence electrons. The first-order valence-electron chi connectivity index (χ1n) is 13.5. The zero-order valence-electron chi connectivity index (χ0n) is 22.7. The van der Waals surface area contributed by atoms with Gasteiger partial charge in [0.25, 0.3) is 0 Å². The van der Waals surface area contributed by atoms with Gasteiger partial charge in [-0.1, -0.05) is 52.3 Å². The van der Waals surface area contributed by atoms with Crippen molar-refractivity contribution >= 4 is 34.6 Å². The summed E-state index contributed by atoms with van der Waals surface area (Å²) in [7, 11) is 0. The molecule has 38 heavy (non-hydrogen) atoms. The lowest BCUT2D eigenvalue weighted by atomic mass is 9.98. The highest BCUT2D eigenvalue weighted by Crippen LogP contribution is 2.22. The summed E-state index contributed by atoms with van der Waals surface area (Å²) >= 11 is 0. The van der Waals surface area contributed by atoms with Gasteiger partial charge < -0.3 is 31.4 Å². The Balaban J connectivity index is 1.83. The van der Waals surface area contributed by atoms with Gasteiger partial charge in [-0.05, 0) is 42.7 Å². The minimum Gasteiger partial charge on any atom is -0.480 e. The molecule has 6 N–H and O–H groups in total. The number of fused-ring (bicyclic) bond motifs is 1. The molecule has 1 saturated heterocycles. The molecule has 10 heteroatoms. The van der Waals surface area contributed by atoms with Crippen LogP contribution in [0.2, 0.25) is 0 Å². The van der Waals surface area contributed by atoms with Gasteiger partial charge in [-0.15, -0.1) is 0 Å². The fourth-order valence-electron chi connectivity index (χ4n) is 4.95. The number of hydrogen-bond acceptors (Lipinski definition) is 5. The summed E-state index contributed by atoms with van der Waals surface area (Å²) in [5.74, 6) is -2.40. The lowest BCUT2D eigenvalue weighted by Gasteiger charge is -2.30. The van der Waals surface area contributed by atoms with Crippen molar-refractivity contribution in [3.8, 4) is 0 Å². The van der Waals surface area contributed by atoms with E-state index in [4.69, 9.17) is 5.73 Å². The first-order valence-corrected chi connectivity index (χ1v) is 13.5. The molecule has 0 aliphatic carbocycles. The van der Waals surface area contributed by atoms with Gasteiger partial charge in [-0.3, -0.25) is 14.4 Å². The molecule has 5 unspecified atom stereocenters. The third-order valence-electron chi connectivity index (χ3n) is 7.43. The molecule has 0 spiro atoms. The standard InChI is InChI=1S/C28H41N5O5/c1-5-17(4)24(29)27(36)33-12-8-11-23(33)26(35)31-21(25(34)32-22(28(37)38)13-16(2)3)14-18-15-30-20-10-7-6-9-19(18)20/h6-7,9-10,15-17,21-24,30H,5,8,11-14,29H2,1-4H3,(H,31,35)(H,32,34)(H,37,38).